The van der Waals surface area contributed by atoms with Gasteiger partial charge in [-0.15, -0.1) is 0 Å². The summed E-state index contributed by atoms with van der Waals surface area (Å²) in [5.41, 5.74) is 7.72. The van der Waals surface area contributed by atoms with Gasteiger partial charge in [0.25, 0.3) is 0 Å². The molecule has 1 aliphatic heterocycles. The second-order valence-corrected chi connectivity index (χ2v) is 7.38. The number of fused-ring (bicyclic) bond motifs is 2. The minimum Gasteiger partial charge on any atom is -0.326 e. The molecule has 118 valence electrons. The van der Waals surface area contributed by atoms with E-state index in [1.165, 1.54) is 12.0 Å². The zero-order valence-electron chi connectivity index (χ0n) is 13.1. The zero-order valence-corrected chi connectivity index (χ0v) is 13.1. The van der Waals surface area contributed by atoms with E-state index in [-0.39, 0.29) is 30.0 Å². The van der Waals surface area contributed by atoms with Crippen LogP contribution in [0.25, 0.3) is 0 Å². The largest absolute Gasteiger partial charge is 0.326 e. The van der Waals surface area contributed by atoms with E-state index in [0.29, 0.717) is 11.7 Å². The molecule has 22 heavy (non-hydrogen) atoms. The van der Waals surface area contributed by atoms with Crippen LogP contribution in [-0.4, -0.2) is 23.9 Å². The molecule has 0 radical (unpaired) electrons. The van der Waals surface area contributed by atoms with Crippen molar-refractivity contribution in [3.05, 3.63) is 35.9 Å². The van der Waals surface area contributed by atoms with E-state index < -0.39 is 0 Å². The average molecular weight is 298 g/mol. The van der Waals surface area contributed by atoms with Crippen LogP contribution < -0.4 is 11.1 Å². The van der Waals surface area contributed by atoms with E-state index >= 15 is 0 Å². The number of hydrogen-bond acceptors (Lipinski definition) is 3. The van der Waals surface area contributed by atoms with E-state index in [0.717, 1.165) is 32.1 Å². The van der Waals surface area contributed by atoms with Gasteiger partial charge in [0, 0.05) is 30.0 Å². The lowest BCUT2D eigenvalue weighted by Gasteiger charge is -2.50. The molecule has 3 heteroatoms. The van der Waals surface area contributed by atoms with Crippen LogP contribution in [0, 0.1) is 11.8 Å². The lowest BCUT2D eigenvalue weighted by Crippen LogP contribution is -2.66. The topological polar surface area (TPSA) is 55.1 Å². The number of ketones is 1. The molecule has 0 amide bonds. The lowest BCUT2D eigenvalue weighted by molar-refractivity contribution is -0.135. The van der Waals surface area contributed by atoms with Gasteiger partial charge in [-0.2, -0.15) is 0 Å². The number of nitrogens with one attached hydrogen (secondary N) is 1. The second kappa shape index (κ2) is 5.78. The highest BCUT2D eigenvalue weighted by Gasteiger charge is 2.49. The van der Waals surface area contributed by atoms with Crippen LogP contribution in [0.4, 0.5) is 0 Å². The SMILES string of the molecule is NC1CCCC2C(=O)C3CCCC(c4ccccc4)C3NC12. The number of nitrogens with two attached hydrogens (primary N) is 1. The van der Waals surface area contributed by atoms with Crippen molar-refractivity contribution >= 4 is 5.78 Å². The monoisotopic (exact) mass is 298 g/mol. The van der Waals surface area contributed by atoms with Crippen molar-refractivity contribution in [1.82, 2.24) is 5.32 Å². The molecule has 3 aliphatic rings. The van der Waals surface area contributed by atoms with Crippen LogP contribution in [0.5, 0.6) is 0 Å². The Labute approximate surface area is 132 Å². The predicted octanol–water partition coefficient (Wildman–Crippen LogP) is 2.61. The van der Waals surface area contributed by atoms with Gasteiger partial charge in [0.05, 0.1) is 0 Å². The molecule has 1 aromatic carbocycles. The number of rotatable bonds is 1. The summed E-state index contributed by atoms with van der Waals surface area (Å²) in [6, 6.07) is 11.3. The summed E-state index contributed by atoms with van der Waals surface area (Å²) in [5.74, 6) is 1.33. The van der Waals surface area contributed by atoms with Crippen LogP contribution in [-0.2, 0) is 4.79 Å². The Morgan fingerprint density at radius 2 is 1.50 bits per heavy atom. The summed E-state index contributed by atoms with van der Waals surface area (Å²) in [6.07, 6.45) is 6.58. The fourth-order valence-electron chi connectivity index (χ4n) is 5.11. The Kier molecular flexibility index (Phi) is 3.79. The standard InChI is InChI=1S/C19H26N2O/c20-16-11-5-10-15-18(16)21-17-13(12-6-2-1-3-7-12)8-4-9-14(17)19(15)22/h1-3,6-7,13-18,21H,4-5,8-11,20H2. The fourth-order valence-corrected chi connectivity index (χ4v) is 5.11. The summed E-state index contributed by atoms with van der Waals surface area (Å²) in [5, 5.41) is 3.84. The first-order valence-corrected chi connectivity index (χ1v) is 8.86. The van der Waals surface area contributed by atoms with Gasteiger partial charge in [-0.05, 0) is 37.2 Å². The van der Waals surface area contributed by atoms with Crippen molar-refractivity contribution in [3.8, 4) is 0 Å². The molecule has 3 N–H and O–H groups in total. The number of Topliss-reactive ketones (excluding diaryl/α,β-unsaturated/α-hetero) is 1. The number of piperidine rings is 1. The third kappa shape index (κ3) is 2.31. The van der Waals surface area contributed by atoms with Gasteiger partial charge in [-0.25, -0.2) is 0 Å². The van der Waals surface area contributed by atoms with E-state index in [1.54, 1.807) is 0 Å². The van der Waals surface area contributed by atoms with Crippen molar-refractivity contribution < 1.29 is 4.79 Å². The lowest BCUT2D eigenvalue weighted by atomic mass is 9.63. The third-order valence-corrected chi connectivity index (χ3v) is 6.19. The molecule has 0 bridgehead atoms. The normalized spacial score (nSPS) is 41.6. The van der Waals surface area contributed by atoms with Crippen molar-refractivity contribution in [2.75, 3.05) is 0 Å². The number of carbonyl (C=O) groups excluding carboxylic acids is 1. The summed E-state index contributed by atoms with van der Waals surface area (Å²) < 4.78 is 0. The van der Waals surface area contributed by atoms with Crippen molar-refractivity contribution in [2.45, 2.75) is 62.6 Å². The minimum absolute atomic E-state index is 0.141. The summed E-state index contributed by atoms with van der Waals surface area (Å²) >= 11 is 0. The molecule has 3 fully saturated rings. The Morgan fingerprint density at radius 1 is 0.864 bits per heavy atom. The molecule has 4 rings (SSSR count). The minimum atomic E-state index is 0.141. The number of benzene rings is 1. The van der Waals surface area contributed by atoms with Gasteiger partial charge in [-0.1, -0.05) is 43.2 Å². The molecule has 3 nitrogen and oxygen atoms in total. The zero-order chi connectivity index (χ0) is 15.1. The molecule has 6 unspecified atom stereocenters. The summed E-state index contributed by atoms with van der Waals surface area (Å²) in [4.78, 5) is 13.0. The highest BCUT2D eigenvalue weighted by Crippen LogP contribution is 2.43. The van der Waals surface area contributed by atoms with Gasteiger partial charge in [0.2, 0.25) is 0 Å². The predicted molar refractivity (Wildman–Crippen MR) is 87.6 cm³/mol. The maximum Gasteiger partial charge on any atom is 0.142 e. The van der Waals surface area contributed by atoms with Gasteiger partial charge in [0.15, 0.2) is 0 Å². The van der Waals surface area contributed by atoms with Gasteiger partial charge < -0.3 is 11.1 Å². The van der Waals surface area contributed by atoms with E-state index in [1.807, 2.05) is 0 Å². The van der Waals surface area contributed by atoms with E-state index in [9.17, 15) is 4.79 Å². The summed E-state index contributed by atoms with van der Waals surface area (Å²) in [6.45, 7) is 0. The van der Waals surface area contributed by atoms with Crippen LogP contribution in [0.3, 0.4) is 0 Å². The molecule has 1 heterocycles. The van der Waals surface area contributed by atoms with Gasteiger partial charge in [-0.3, -0.25) is 4.79 Å². The Morgan fingerprint density at radius 3 is 2.27 bits per heavy atom. The van der Waals surface area contributed by atoms with Crippen molar-refractivity contribution in [1.29, 1.82) is 0 Å². The average Bonchev–Trinajstić information content (AvgIpc) is 2.56. The first kappa shape index (κ1) is 14.4. The molecule has 1 saturated heterocycles. The van der Waals surface area contributed by atoms with E-state index in [2.05, 4.69) is 35.6 Å². The Hall–Kier alpha value is -1.19. The molecule has 2 saturated carbocycles. The molecular formula is C19H26N2O. The number of hydrogen-bond donors (Lipinski definition) is 2. The van der Waals surface area contributed by atoms with Crippen molar-refractivity contribution in [2.24, 2.45) is 17.6 Å². The van der Waals surface area contributed by atoms with Gasteiger partial charge >= 0.3 is 0 Å². The smallest absolute Gasteiger partial charge is 0.142 e. The molecule has 6 atom stereocenters. The highest BCUT2D eigenvalue weighted by atomic mass is 16.1. The van der Waals surface area contributed by atoms with Crippen LogP contribution in [0.2, 0.25) is 0 Å². The molecular weight excluding hydrogens is 272 g/mol. The Bertz CT molecular complexity index is 544. The van der Waals surface area contributed by atoms with Gasteiger partial charge in [0.1, 0.15) is 5.78 Å². The molecule has 2 aliphatic carbocycles. The van der Waals surface area contributed by atoms with Crippen LogP contribution in [0.1, 0.15) is 50.0 Å². The first-order valence-electron chi connectivity index (χ1n) is 8.86. The second-order valence-electron chi connectivity index (χ2n) is 7.38. The molecule has 0 spiro atoms. The first-order chi connectivity index (χ1) is 10.8. The number of carbonyl (C=O) groups is 1. The van der Waals surface area contributed by atoms with E-state index in [4.69, 9.17) is 5.73 Å². The van der Waals surface area contributed by atoms with Crippen molar-refractivity contribution in [3.63, 3.8) is 0 Å². The van der Waals surface area contributed by atoms with Crippen LogP contribution >= 0.6 is 0 Å². The third-order valence-electron chi connectivity index (χ3n) is 6.19. The Balaban J connectivity index is 1.64. The maximum atomic E-state index is 13.0. The quantitative estimate of drug-likeness (QED) is 0.838. The van der Waals surface area contributed by atoms with Crippen LogP contribution in [0.15, 0.2) is 30.3 Å². The maximum absolute atomic E-state index is 13.0. The molecule has 1 aromatic rings. The summed E-state index contributed by atoms with van der Waals surface area (Å²) in [7, 11) is 0. The highest BCUT2D eigenvalue weighted by molar-refractivity contribution is 5.86. The molecule has 0 aromatic heterocycles. The fraction of sp³-hybridized carbons (Fsp3) is 0.632.